The summed E-state index contributed by atoms with van der Waals surface area (Å²) in [5.74, 6) is 0. The maximum absolute atomic E-state index is 4.01. The number of hydrazone groups is 2. The van der Waals surface area contributed by atoms with Gasteiger partial charge in [0.1, 0.15) is 0 Å². The molecule has 0 aliphatic rings. The Morgan fingerprint density at radius 2 is 0.880 bits per heavy atom. The Morgan fingerprint density at radius 3 is 1.08 bits per heavy atom. The second-order valence-corrected chi connectivity index (χ2v) is 7.29. The monoisotopic (exact) mass is 397 g/mol. The number of nitrogens with zero attached hydrogens (tertiary/aromatic N) is 8. The van der Waals surface area contributed by atoms with Crippen molar-refractivity contribution in [3.63, 3.8) is 0 Å². The number of rotatable bonds is 6. The Hall–Kier alpha value is -1.61. The van der Waals surface area contributed by atoms with E-state index in [0.29, 0.717) is 0 Å². The van der Waals surface area contributed by atoms with E-state index in [9.17, 15) is 0 Å². The molecule has 147 valence electrons. The molecule has 0 aromatic carbocycles. The summed E-state index contributed by atoms with van der Waals surface area (Å²) in [6.07, 6.45) is 6.36. The van der Waals surface area contributed by atoms with Crippen LogP contribution in [0.4, 0.5) is 0 Å². The summed E-state index contributed by atoms with van der Waals surface area (Å²) in [4.78, 5) is 0. The zero-order chi connectivity index (χ0) is 19.2. The van der Waals surface area contributed by atoms with E-state index in [2.05, 4.69) is 31.3 Å². The second kappa shape index (κ2) is 14.7. The van der Waals surface area contributed by atoms with Gasteiger partial charge in [-0.25, -0.2) is 0 Å². The topological polar surface area (TPSA) is 84.1 Å². The molecular formula is C16H34CoN8. The van der Waals surface area contributed by atoms with E-state index in [-0.39, 0.29) is 27.9 Å². The molecule has 0 N–H and O–H groups in total. The van der Waals surface area contributed by atoms with Crippen molar-refractivity contribution in [2.45, 2.75) is 52.6 Å². The van der Waals surface area contributed by atoms with E-state index >= 15 is 0 Å². The van der Waals surface area contributed by atoms with Gasteiger partial charge in [-0.3, -0.25) is 0 Å². The SMILES string of the molecule is CN(C)/N=C/C=N\[N-]C(C)(C)C.CN(C)/N=C/C=N\[N-]C(C)(C)C.[Co+2]. The summed E-state index contributed by atoms with van der Waals surface area (Å²) < 4.78 is 0. The van der Waals surface area contributed by atoms with Crippen LogP contribution in [0, 0.1) is 0 Å². The van der Waals surface area contributed by atoms with Crippen LogP contribution in [0.5, 0.6) is 0 Å². The van der Waals surface area contributed by atoms with Crippen molar-refractivity contribution in [2.75, 3.05) is 28.2 Å². The van der Waals surface area contributed by atoms with Crippen molar-refractivity contribution in [3.05, 3.63) is 10.9 Å². The molecule has 0 fully saturated rings. The molecule has 0 spiro atoms. The molecule has 0 rings (SSSR count). The molecule has 0 aromatic rings. The fourth-order valence-corrected chi connectivity index (χ4v) is 0.799. The van der Waals surface area contributed by atoms with Crippen molar-refractivity contribution in [2.24, 2.45) is 20.4 Å². The van der Waals surface area contributed by atoms with Gasteiger partial charge in [-0.15, -0.1) is 11.1 Å². The van der Waals surface area contributed by atoms with Crippen molar-refractivity contribution < 1.29 is 16.8 Å². The molecular weight excluding hydrogens is 363 g/mol. The van der Waals surface area contributed by atoms with Gasteiger partial charge in [-0.1, -0.05) is 41.5 Å². The van der Waals surface area contributed by atoms with Crippen molar-refractivity contribution >= 4 is 24.9 Å². The molecule has 0 aliphatic heterocycles. The van der Waals surface area contributed by atoms with E-state index in [1.54, 1.807) is 34.9 Å². The molecule has 0 saturated heterocycles. The predicted octanol–water partition coefficient (Wildman–Crippen LogP) is 3.38. The van der Waals surface area contributed by atoms with Crippen LogP contribution in [0.3, 0.4) is 0 Å². The zero-order valence-corrected chi connectivity index (χ0v) is 18.3. The normalized spacial score (nSPS) is 12.2. The van der Waals surface area contributed by atoms with Gasteiger partial charge in [0, 0.05) is 40.6 Å². The Bertz CT molecular complexity index is 375. The van der Waals surface area contributed by atoms with Gasteiger partial charge in [-0.2, -0.15) is 10.2 Å². The first-order valence-electron chi connectivity index (χ1n) is 7.74. The van der Waals surface area contributed by atoms with Gasteiger partial charge < -0.3 is 31.1 Å². The molecule has 0 aliphatic carbocycles. The van der Waals surface area contributed by atoms with Gasteiger partial charge in [0.2, 0.25) is 0 Å². The quantitative estimate of drug-likeness (QED) is 0.508. The number of hydrogen-bond donors (Lipinski definition) is 0. The maximum atomic E-state index is 4.01. The summed E-state index contributed by atoms with van der Waals surface area (Å²) in [5.41, 5.74) is 7.81. The minimum atomic E-state index is -0.109. The molecule has 9 heteroatoms. The first-order valence-corrected chi connectivity index (χ1v) is 7.74. The summed E-state index contributed by atoms with van der Waals surface area (Å²) in [7, 11) is 7.41. The van der Waals surface area contributed by atoms with Crippen LogP contribution in [0.2, 0.25) is 0 Å². The van der Waals surface area contributed by atoms with Crippen LogP contribution in [0.15, 0.2) is 20.4 Å². The molecule has 0 unspecified atom stereocenters. The van der Waals surface area contributed by atoms with Gasteiger partial charge >= 0.3 is 16.8 Å². The first-order chi connectivity index (χ1) is 10.8. The molecule has 0 atom stereocenters. The van der Waals surface area contributed by atoms with Gasteiger partial charge in [-0.05, 0) is 0 Å². The third-order valence-corrected chi connectivity index (χ3v) is 1.58. The minimum absolute atomic E-state index is 0. The molecule has 25 heavy (non-hydrogen) atoms. The smallest absolute Gasteiger partial charge is 0.597 e. The Labute approximate surface area is 164 Å². The minimum Gasteiger partial charge on any atom is -0.597 e. The van der Waals surface area contributed by atoms with E-state index in [0.717, 1.165) is 0 Å². The van der Waals surface area contributed by atoms with Crippen LogP contribution in [0.25, 0.3) is 10.9 Å². The predicted molar refractivity (Wildman–Crippen MR) is 108 cm³/mol. The van der Waals surface area contributed by atoms with Gasteiger partial charge in [0.15, 0.2) is 0 Å². The molecule has 1 radical (unpaired) electrons. The first kappa shape index (κ1) is 28.2. The third-order valence-electron chi connectivity index (χ3n) is 1.58. The summed E-state index contributed by atoms with van der Waals surface area (Å²) in [6.45, 7) is 12.0. The fourth-order valence-electron chi connectivity index (χ4n) is 0.799. The summed E-state index contributed by atoms with van der Waals surface area (Å²) in [6, 6.07) is 0. The Morgan fingerprint density at radius 1 is 0.600 bits per heavy atom. The largest absolute Gasteiger partial charge is 2.00 e. The second-order valence-electron chi connectivity index (χ2n) is 7.29. The Kier molecular flexibility index (Phi) is 16.6. The fraction of sp³-hybridized carbons (Fsp3) is 0.750. The van der Waals surface area contributed by atoms with Crippen molar-refractivity contribution in [1.82, 2.24) is 10.0 Å². The van der Waals surface area contributed by atoms with E-state index < -0.39 is 0 Å². The molecule has 8 nitrogen and oxygen atoms in total. The maximum Gasteiger partial charge on any atom is 2.00 e. The van der Waals surface area contributed by atoms with Gasteiger partial charge in [0.25, 0.3) is 0 Å². The summed E-state index contributed by atoms with van der Waals surface area (Å²) in [5, 5.41) is 19.0. The van der Waals surface area contributed by atoms with Crippen LogP contribution >= 0.6 is 0 Å². The standard InChI is InChI=1S/2C8H17N4.Co/c2*1-8(2,3)11-9-6-7-10-12(4)5;/h2*6-7H,1-5H3;/q2*-1;+2/b2*9-6-,10-7+;. The van der Waals surface area contributed by atoms with Crippen LogP contribution in [0.1, 0.15) is 41.5 Å². The summed E-state index contributed by atoms with van der Waals surface area (Å²) >= 11 is 0. The molecule has 0 aromatic heterocycles. The molecule has 0 heterocycles. The number of hydrogen-bond acceptors (Lipinski definition) is 6. The van der Waals surface area contributed by atoms with Crippen molar-refractivity contribution in [3.8, 4) is 0 Å². The molecule has 0 saturated carbocycles. The molecule has 0 bridgehead atoms. The van der Waals surface area contributed by atoms with Crippen LogP contribution in [-0.2, 0) is 16.8 Å². The van der Waals surface area contributed by atoms with E-state index in [1.165, 1.54) is 0 Å². The Balaban J connectivity index is -0.000000372. The molecule has 0 amide bonds. The average Bonchev–Trinajstić information content (AvgIpc) is 2.35. The zero-order valence-electron chi connectivity index (χ0n) is 17.2. The average molecular weight is 397 g/mol. The van der Waals surface area contributed by atoms with E-state index in [1.807, 2.05) is 69.7 Å². The van der Waals surface area contributed by atoms with Crippen molar-refractivity contribution in [1.29, 1.82) is 0 Å². The van der Waals surface area contributed by atoms with E-state index in [4.69, 9.17) is 0 Å². The van der Waals surface area contributed by atoms with Gasteiger partial charge in [0.05, 0.1) is 12.4 Å². The van der Waals surface area contributed by atoms with Crippen LogP contribution < -0.4 is 0 Å². The third kappa shape index (κ3) is 34.6. The van der Waals surface area contributed by atoms with Crippen LogP contribution in [-0.4, -0.2) is 74.1 Å².